The molecular formula is C26H19FN4O2S. The van der Waals surface area contributed by atoms with Crippen molar-refractivity contribution < 1.29 is 9.18 Å². The first-order chi connectivity index (χ1) is 16.6. The van der Waals surface area contributed by atoms with Crippen LogP contribution < -0.4 is 10.5 Å². The normalized spacial score (nSPS) is 13.0. The van der Waals surface area contributed by atoms with E-state index in [0.717, 1.165) is 40.3 Å². The number of halogens is 1. The minimum Gasteiger partial charge on any atom is -0.349 e. The van der Waals surface area contributed by atoms with Gasteiger partial charge in [0, 0.05) is 23.1 Å². The Labute approximate surface area is 198 Å². The van der Waals surface area contributed by atoms with E-state index in [1.165, 1.54) is 16.7 Å². The maximum absolute atomic E-state index is 14.8. The van der Waals surface area contributed by atoms with Crippen LogP contribution in [0.3, 0.4) is 0 Å². The third kappa shape index (κ3) is 3.30. The second kappa shape index (κ2) is 8.14. The predicted octanol–water partition coefficient (Wildman–Crippen LogP) is 4.69. The molecule has 5 aromatic rings. The van der Waals surface area contributed by atoms with Crippen LogP contribution in [0.2, 0.25) is 0 Å². The van der Waals surface area contributed by atoms with Gasteiger partial charge in [-0.3, -0.25) is 14.2 Å². The zero-order valence-corrected chi connectivity index (χ0v) is 18.8. The van der Waals surface area contributed by atoms with Gasteiger partial charge in [0.25, 0.3) is 5.56 Å². The second-order valence-corrected chi connectivity index (χ2v) is 9.04. The lowest BCUT2D eigenvalue weighted by atomic mass is 10.2. The highest BCUT2D eigenvalue weighted by molar-refractivity contribution is 7.99. The Balaban J connectivity index is 1.45. The summed E-state index contributed by atoms with van der Waals surface area (Å²) in [4.78, 5) is 36.3. The molecule has 34 heavy (non-hydrogen) atoms. The molecule has 0 unspecified atom stereocenters. The Kier molecular flexibility index (Phi) is 4.95. The fourth-order valence-electron chi connectivity index (χ4n) is 4.49. The number of benzene rings is 3. The number of aromatic amines is 1. The SMILES string of the molecule is O=C(CSc1nc2c([nH]c3ccccc32)c(=O)n1-c1ccccc1F)N1CCc2ccccc21. The summed E-state index contributed by atoms with van der Waals surface area (Å²) in [5, 5.41) is 1.07. The predicted molar refractivity (Wildman–Crippen MR) is 132 cm³/mol. The van der Waals surface area contributed by atoms with Crippen LogP contribution in [0.1, 0.15) is 5.56 Å². The smallest absolute Gasteiger partial charge is 0.283 e. The number of thioether (sulfide) groups is 1. The minimum absolute atomic E-state index is 0.0725. The molecule has 0 spiro atoms. The summed E-state index contributed by atoms with van der Waals surface area (Å²) in [5.74, 6) is -0.546. The van der Waals surface area contributed by atoms with Gasteiger partial charge in [0.05, 0.1) is 11.4 Å². The summed E-state index contributed by atoms with van der Waals surface area (Å²) in [7, 11) is 0. The molecule has 8 heteroatoms. The molecule has 6 nitrogen and oxygen atoms in total. The summed E-state index contributed by atoms with van der Waals surface area (Å²) in [5.41, 5.74) is 3.33. The molecule has 0 fully saturated rings. The lowest BCUT2D eigenvalue weighted by Crippen LogP contribution is -2.31. The van der Waals surface area contributed by atoms with Crippen LogP contribution in [0.5, 0.6) is 0 Å². The summed E-state index contributed by atoms with van der Waals surface area (Å²) in [6.07, 6.45) is 0.812. The first-order valence-corrected chi connectivity index (χ1v) is 11.9. The molecule has 0 atom stereocenters. The first kappa shape index (κ1) is 20.7. The Bertz CT molecular complexity index is 1640. The van der Waals surface area contributed by atoms with E-state index < -0.39 is 11.4 Å². The topological polar surface area (TPSA) is 71.0 Å². The van der Waals surface area contributed by atoms with Crippen molar-refractivity contribution in [1.29, 1.82) is 0 Å². The van der Waals surface area contributed by atoms with Gasteiger partial charge in [-0.2, -0.15) is 0 Å². The Morgan fingerprint density at radius 1 is 1.00 bits per heavy atom. The van der Waals surface area contributed by atoms with Crippen molar-refractivity contribution in [1.82, 2.24) is 14.5 Å². The van der Waals surface area contributed by atoms with Crippen molar-refractivity contribution in [2.45, 2.75) is 11.6 Å². The van der Waals surface area contributed by atoms with Crippen LogP contribution in [-0.4, -0.2) is 32.7 Å². The maximum atomic E-state index is 14.8. The molecule has 0 saturated heterocycles. The van der Waals surface area contributed by atoms with E-state index >= 15 is 0 Å². The van der Waals surface area contributed by atoms with Gasteiger partial charge in [0.2, 0.25) is 5.91 Å². The van der Waals surface area contributed by atoms with Gasteiger partial charge in [-0.1, -0.05) is 60.3 Å². The number of nitrogens with one attached hydrogen (secondary N) is 1. The average molecular weight is 471 g/mol. The van der Waals surface area contributed by atoms with E-state index in [2.05, 4.69) is 4.98 Å². The fourth-order valence-corrected chi connectivity index (χ4v) is 5.36. The lowest BCUT2D eigenvalue weighted by Gasteiger charge is -2.18. The minimum atomic E-state index is -0.538. The van der Waals surface area contributed by atoms with Gasteiger partial charge in [0.1, 0.15) is 16.9 Å². The third-order valence-electron chi connectivity index (χ3n) is 6.10. The average Bonchev–Trinajstić information content (AvgIpc) is 3.45. The van der Waals surface area contributed by atoms with Crippen LogP contribution in [0.15, 0.2) is 82.7 Å². The highest BCUT2D eigenvalue weighted by atomic mass is 32.2. The van der Waals surface area contributed by atoms with E-state index in [-0.39, 0.29) is 22.5 Å². The molecule has 6 rings (SSSR count). The maximum Gasteiger partial charge on any atom is 0.283 e. The number of nitrogens with zero attached hydrogens (tertiary/aromatic N) is 3. The summed E-state index contributed by atoms with van der Waals surface area (Å²) < 4.78 is 16.0. The van der Waals surface area contributed by atoms with Crippen molar-refractivity contribution in [3.63, 3.8) is 0 Å². The number of carbonyl (C=O) groups is 1. The number of amides is 1. The van der Waals surface area contributed by atoms with Crippen molar-refractivity contribution >= 4 is 45.3 Å². The number of H-pyrrole nitrogens is 1. The highest BCUT2D eigenvalue weighted by Gasteiger charge is 2.25. The number of anilines is 1. The van der Waals surface area contributed by atoms with Crippen molar-refractivity contribution in [2.75, 3.05) is 17.2 Å². The van der Waals surface area contributed by atoms with Crippen molar-refractivity contribution in [2.24, 2.45) is 0 Å². The van der Waals surface area contributed by atoms with Crippen LogP contribution >= 0.6 is 11.8 Å². The summed E-state index contributed by atoms with van der Waals surface area (Å²) in [6.45, 7) is 0.619. The van der Waals surface area contributed by atoms with Crippen LogP contribution in [0.4, 0.5) is 10.1 Å². The van der Waals surface area contributed by atoms with Gasteiger partial charge in [-0.05, 0) is 36.2 Å². The number of fused-ring (bicyclic) bond motifs is 4. The van der Waals surface area contributed by atoms with Crippen LogP contribution in [0.25, 0.3) is 27.6 Å². The van der Waals surface area contributed by atoms with E-state index in [4.69, 9.17) is 4.98 Å². The molecule has 1 aliphatic heterocycles. The van der Waals surface area contributed by atoms with E-state index in [1.807, 2.05) is 48.5 Å². The fraction of sp³-hybridized carbons (Fsp3) is 0.115. The van der Waals surface area contributed by atoms with E-state index in [1.54, 1.807) is 17.0 Å². The molecule has 0 radical (unpaired) electrons. The number of hydrogen-bond donors (Lipinski definition) is 1. The molecule has 1 aliphatic rings. The number of rotatable bonds is 4. The van der Waals surface area contributed by atoms with E-state index in [0.29, 0.717) is 17.6 Å². The first-order valence-electron chi connectivity index (χ1n) is 10.9. The van der Waals surface area contributed by atoms with Crippen molar-refractivity contribution in [3.05, 3.63) is 94.5 Å². The van der Waals surface area contributed by atoms with Gasteiger partial charge in [-0.15, -0.1) is 0 Å². The zero-order chi connectivity index (χ0) is 23.2. The Hall–Kier alpha value is -3.91. The zero-order valence-electron chi connectivity index (χ0n) is 18.0. The number of para-hydroxylation sites is 3. The largest absolute Gasteiger partial charge is 0.349 e. The van der Waals surface area contributed by atoms with E-state index in [9.17, 15) is 14.0 Å². The van der Waals surface area contributed by atoms with Gasteiger partial charge in [0.15, 0.2) is 5.16 Å². The molecule has 0 bridgehead atoms. The van der Waals surface area contributed by atoms with Crippen molar-refractivity contribution in [3.8, 4) is 5.69 Å². The lowest BCUT2D eigenvalue weighted by molar-refractivity contribution is -0.116. The highest BCUT2D eigenvalue weighted by Crippen LogP contribution is 2.30. The standard InChI is InChI=1S/C26H19FN4O2S/c27-18-9-3-6-12-21(18)31-25(33)24-23(17-8-2-4-10-19(17)28-24)29-26(31)34-15-22(32)30-14-13-16-7-1-5-11-20(16)30/h1-12,28H,13-15H2. The molecule has 1 amide bonds. The Morgan fingerprint density at radius 3 is 2.59 bits per heavy atom. The Morgan fingerprint density at radius 2 is 1.74 bits per heavy atom. The molecule has 0 saturated carbocycles. The molecule has 0 aliphatic carbocycles. The molecule has 3 heterocycles. The molecular weight excluding hydrogens is 451 g/mol. The number of carbonyl (C=O) groups excluding carboxylic acids is 1. The summed E-state index contributed by atoms with van der Waals surface area (Å²) in [6, 6.07) is 21.4. The third-order valence-corrected chi connectivity index (χ3v) is 7.02. The van der Waals surface area contributed by atoms with Gasteiger partial charge >= 0.3 is 0 Å². The molecule has 168 valence electrons. The van der Waals surface area contributed by atoms with Gasteiger partial charge in [-0.25, -0.2) is 9.37 Å². The number of aromatic nitrogens is 3. The monoisotopic (exact) mass is 470 g/mol. The van der Waals surface area contributed by atoms with Gasteiger partial charge < -0.3 is 9.88 Å². The summed E-state index contributed by atoms with van der Waals surface area (Å²) >= 11 is 1.14. The molecule has 2 aromatic heterocycles. The van der Waals surface area contributed by atoms with Crippen LogP contribution in [0, 0.1) is 5.82 Å². The molecule has 3 aromatic carbocycles. The number of hydrogen-bond acceptors (Lipinski definition) is 4. The quantitative estimate of drug-likeness (QED) is 0.306. The molecule has 1 N–H and O–H groups in total. The van der Waals surface area contributed by atoms with Crippen LogP contribution in [-0.2, 0) is 11.2 Å². The second-order valence-electron chi connectivity index (χ2n) is 8.09.